The van der Waals surface area contributed by atoms with Crippen LogP contribution in [0.15, 0.2) is 24.3 Å². The summed E-state index contributed by atoms with van der Waals surface area (Å²) < 4.78 is 0. The summed E-state index contributed by atoms with van der Waals surface area (Å²) >= 11 is 0. The second kappa shape index (κ2) is 18.5. The molecule has 40 heavy (non-hydrogen) atoms. The number of carbonyl (C=O) groups is 5. The molecule has 0 saturated heterocycles. The molecule has 0 heterocycles. The van der Waals surface area contributed by atoms with Crippen LogP contribution in [0.1, 0.15) is 56.9 Å². The van der Waals surface area contributed by atoms with Gasteiger partial charge >= 0.3 is 11.9 Å². The molecule has 0 aliphatic heterocycles. The molecule has 0 aliphatic rings. The maximum atomic E-state index is 13.2. The lowest BCUT2D eigenvalue weighted by atomic mass is 10.0. The third-order valence-electron chi connectivity index (χ3n) is 6.16. The second-order valence-electron chi connectivity index (χ2n) is 9.50. The van der Waals surface area contributed by atoms with Crippen molar-refractivity contribution >= 4 is 29.7 Å². The molecule has 0 bridgehead atoms. The first-order valence-corrected chi connectivity index (χ1v) is 13.3. The summed E-state index contributed by atoms with van der Waals surface area (Å²) in [5.74, 6) is -4.75. The average Bonchev–Trinajstić information content (AvgIpc) is 2.90. The Morgan fingerprint density at radius 3 is 1.77 bits per heavy atom. The lowest BCUT2D eigenvalue weighted by Gasteiger charge is -2.25. The zero-order valence-electron chi connectivity index (χ0n) is 22.5. The molecule has 224 valence electrons. The van der Waals surface area contributed by atoms with E-state index in [-0.39, 0.29) is 25.0 Å². The number of aliphatic carboxylic acids is 2. The normalized spacial score (nSPS) is 13.9. The van der Waals surface area contributed by atoms with E-state index in [0.29, 0.717) is 50.8 Å². The Hall–Kier alpha value is -3.75. The van der Waals surface area contributed by atoms with Crippen LogP contribution in [0.5, 0.6) is 5.75 Å². The standard InChI is InChI=1S/C26H42N6O8/c27-13-3-1-5-18(29)23(36)30-19(11-12-22(34)35)24(37)32-21(15-16-7-9-17(33)10-8-16)25(38)31-20(26(39)40)6-2-4-14-28/h7-10,18-21,33H,1-6,11-15,27-29H2,(H,30,36)(H,31,38)(H,32,37)(H,34,35)(H,39,40). The predicted molar refractivity (Wildman–Crippen MR) is 146 cm³/mol. The highest BCUT2D eigenvalue weighted by Gasteiger charge is 2.30. The summed E-state index contributed by atoms with van der Waals surface area (Å²) in [5, 5.41) is 35.7. The molecule has 1 rings (SSSR count). The van der Waals surface area contributed by atoms with Gasteiger partial charge in [0.05, 0.1) is 6.04 Å². The highest BCUT2D eigenvalue weighted by Crippen LogP contribution is 2.13. The molecule has 4 unspecified atom stereocenters. The van der Waals surface area contributed by atoms with E-state index in [1.807, 2.05) is 0 Å². The molecular formula is C26H42N6O8. The Morgan fingerprint density at radius 2 is 1.23 bits per heavy atom. The number of carbonyl (C=O) groups excluding carboxylic acids is 3. The first-order chi connectivity index (χ1) is 19.0. The molecule has 4 atom stereocenters. The van der Waals surface area contributed by atoms with Gasteiger partial charge in [-0.2, -0.15) is 0 Å². The maximum Gasteiger partial charge on any atom is 0.326 e. The molecule has 1 aromatic carbocycles. The number of phenols is 1. The van der Waals surface area contributed by atoms with E-state index >= 15 is 0 Å². The van der Waals surface area contributed by atoms with E-state index in [4.69, 9.17) is 22.3 Å². The molecule has 0 aromatic heterocycles. The maximum absolute atomic E-state index is 13.2. The quantitative estimate of drug-likeness (QED) is 0.0857. The van der Waals surface area contributed by atoms with Gasteiger partial charge in [0, 0.05) is 12.8 Å². The number of benzene rings is 1. The zero-order valence-corrected chi connectivity index (χ0v) is 22.5. The van der Waals surface area contributed by atoms with Gasteiger partial charge in [-0.3, -0.25) is 19.2 Å². The molecule has 14 nitrogen and oxygen atoms in total. The van der Waals surface area contributed by atoms with Crippen LogP contribution in [-0.4, -0.2) is 82.2 Å². The van der Waals surface area contributed by atoms with Crippen molar-refractivity contribution in [2.75, 3.05) is 13.1 Å². The Balaban J connectivity index is 3.12. The van der Waals surface area contributed by atoms with Gasteiger partial charge in [0.2, 0.25) is 17.7 Å². The molecule has 1 aromatic rings. The van der Waals surface area contributed by atoms with Crippen molar-refractivity contribution in [2.24, 2.45) is 17.2 Å². The Labute approximate surface area is 233 Å². The summed E-state index contributed by atoms with van der Waals surface area (Å²) in [6.07, 6.45) is 1.89. The van der Waals surface area contributed by atoms with Crippen molar-refractivity contribution in [2.45, 2.75) is 82.0 Å². The van der Waals surface area contributed by atoms with E-state index in [1.54, 1.807) is 0 Å². The lowest BCUT2D eigenvalue weighted by molar-refractivity contribution is -0.142. The van der Waals surface area contributed by atoms with Crippen molar-refractivity contribution in [3.63, 3.8) is 0 Å². The van der Waals surface area contributed by atoms with Crippen LogP contribution < -0.4 is 33.2 Å². The van der Waals surface area contributed by atoms with E-state index in [2.05, 4.69) is 16.0 Å². The largest absolute Gasteiger partial charge is 0.508 e. The number of hydrogen-bond donors (Lipinski definition) is 9. The number of nitrogens with two attached hydrogens (primary N) is 3. The number of carboxylic acids is 2. The van der Waals surface area contributed by atoms with E-state index in [9.17, 15) is 34.2 Å². The first kappa shape index (κ1) is 34.3. The summed E-state index contributed by atoms with van der Waals surface area (Å²) in [6.45, 7) is 0.790. The highest BCUT2D eigenvalue weighted by molar-refractivity contribution is 5.94. The zero-order chi connectivity index (χ0) is 30.1. The van der Waals surface area contributed by atoms with Crippen molar-refractivity contribution in [1.29, 1.82) is 0 Å². The van der Waals surface area contributed by atoms with Crippen molar-refractivity contribution in [1.82, 2.24) is 16.0 Å². The van der Waals surface area contributed by atoms with Crippen LogP contribution in [0.3, 0.4) is 0 Å². The van der Waals surface area contributed by atoms with Crippen LogP contribution in [0.2, 0.25) is 0 Å². The third kappa shape index (κ3) is 13.4. The van der Waals surface area contributed by atoms with Gasteiger partial charge in [-0.25, -0.2) is 4.79 Å². The predicted octanol–water partition coefficient (Wildman–Crippen LogP) is -1.08. The topological polar surface area (TPSA) is 260 Å². The van der Waals surface area contributed by atoms with Crippen LogP contribution in [0.4, 0.5) is 0 Å². The molecule has 3 amide bonds. The Kier molecular flexibility index (Phi) is 15.9. The average molecular weight is 567 g/mol. The minimum atomic E-state index is -1.32. The molecule has 0 aliphatic carbocycles. The number of unbranched alkanes of at least 4 members (excludes halogenated alkanes) is 2. The third-order valence-corrected chi connectivity index (χ3v) is 6.16. The number of hydrogen-bond acceptors (Lipinski definition) is 9. The summed E-state index contributed by atoms with van der Waals surface area (Å²) in [7, 11) is 0. The van der Waals surface area contributed by atoms with Crippen LogP contribution in [0.25, 0.3) is 0 Å². The van der Waals surface area contributed by atoms with Gasteiger partial charge in [-0.05, 0) is 69.3 Å². The Morgan fingerprint density at radius 1 is 0.700 bits per heavy atom. The molecule has 14 heteroatoms. The molecule has 0 fully saturated rings. The van der Waals surface area contributed by atoms with Crippen molar-refractivity contribution in [3.05, 3.63) is 29.8 Å². The first-order valence-electron chi connectivity index (χ1n) is 13.3. The van der Waals surface area contributed by atoms with Crippen LogP contribution in [0, 0.1) is 0 Å². The fraction of sp³-hybridized carbons (Fsp3) is 0.577. The molecular weight excluding hydrogens is 524 g/mol. The molecule has 0 saturated carbocycles. The number of carboxylic acid groups (broad SMARTS) is 2. The van der Waals surface area contributed by atoms with Gasteiger partial charge in [0.25, 0.3) is 0 Å². The van der Waals surface area contributed by atoms with Gasteiger partial charge < -0.3 is 48.5 Å². The van der Waals surface area contributed by atoms with Gasteiger partial charge in [-0.15, -0.1) is 0 Å². The fourth-order valence-electron chi connectivity index (χ4n) is 3.83. The number of phenolic OH excluding ortho intramolecular Hbond substituents is 1. The van der Waals surface area contributed by atoms with E-state index in [1.165, 1.54) is 24.3 Å². The highest BCUT2D eigenvalue weighted by atomic mass is 16.4. The van der Waals surface area contributed by atoms with Crippen molar-refractivity contribution < 1.29 is 39.3 Å². The number of amides is 3. The number of aromatic hydroxyl groups is 1. The number of rotatable bonds is 20. The second-order valence-corrected chi connectivity index (χ2v) is 9.50. The van der Waals surface area contributed by atoms with Gasteiger partial charge in [0.15, 0.2) is 0 Å². The molecule has 12 N–H and O–H groups in total. The van der Waals surface area contributed by atoms with Gasteiger partial charge in [0.1, 0.15) is 23.9 Å². The minimum Gasteiger partial charge on any atom is -0.508 e. The monoisotopic (exact) mass is 566 g/mol. The summed E-state index contributed by atoms with van der Waals surface area (Å²) in [4.78, 5) is 61.9. The smallest absolute Gasteiger partial charge is 0.326 e. The van der Waals surface area contributed by atoms with E-state index in [0.717, 1.165) is 0 Å². The SMILES string of the molecule is NCCCCC(N)C(=O)NC(CCC(=O)O)C(=O)NC(Cc1ccc(O)cc1)C(=O)NC(CCCCN)C(=O)O. The van der Waals surface area contributed by atoms with Gasteiger partial charge in [-0.1, -0.05) is 18.6 Å². The van der Waals surface area contributed by atoms with E-state index < -0.39 is 60.2 Å². The Bertz CT molecular complexity index is 974. The fourth-order valence-corrected chi connectivity index (χ4v) is 3.83. The van der Waals surface area contributed by atoms with Crippen LogP contribution in [-0.2, 0) is 30.4 Å². The molecule has 0 radical (unpaired) electrons. The van der Waals surface area contributed by atoms with Crippen molar-refractivity contribution in [3.8, 4) is 5.75 Å². The number of nitrogens with one attached hydrogen (secondary N) is 3. The molecule has 0 spiro atoms. The van der Waals surface area contributed by atoms with Crippen LogP contribution >= 0.6 is 0 Å². The summed E-state index contributed by atoms with van der Waals surface area (Å²) in [5.41, 5.74) is 17.4. The lowest BCUT2D eigenvalue weighted by Crippen LogP contribution is -2.57. The minimum absolute atomic E-state index is 0.0149. The summed E-state index contributed by atoms with van der Waals surface area (Å²) in [6, 6.07) is 1.06.